The highest BCUT2D eigenvalue weighted by Crippen LogP contribution is 2.42. The molecule has 17 heavy (non-hydrogen) atoms. The van der Waals surface area contributed by atoms with Gasteiger partial charge < -0.3 is 9.84 Å². The second-order valence-corrected chi connectivity index (χ2v) is 4.18. The molecule has 0 aromatic heterocycles. The number of esters is 1. The van der Waals surface area contributed by atoms with Gasteiger partial charge in [0, 0.05) is 0 Å². The molecule has 0 saturated heterocycles. The number of alkyl halides is 6. The molecule has 0 amide bonds. The van der Waals surface area contributed by atoms with Crippen LogP contribution in [0.4, 0.5) is 26.3 Å². The van der Waals surface area contributed by atoms with Gasteiger partial charge in [-0.3, -0.25) is 4.79 Å². The molecule has 0 atom stereocenters. The molecule has 0 aromatic rings. The van der Waals surface area contributed by atoms with Crippen molar-refractivity contribution in [2.75, 3.05) is 0 Å². The van der Waals surface area contributed by atoms with Gasteiger partial charge in [-0.1, -0.05) is 0 Å². The SMILES string of the molecule is CC(C)(C)OC(=O)C([O-])(C(F)(F)F)C(F)(F)F. The fourth-order valence-corrected chi connectivity index (χ4v) is 0.742. The second kappa shape index (κ2) is 4.04. The maximum Gasteiger partial charge on any atom is 0.399 e. The first-order valence-corrected chi connectivity index (χ1v) is 4.20. The number of halogens is 6. The van der Waals surface area contributed by atoms with Crippen molar-refractivity contribution in [2.45, 2.75) is 44.3 Å². The largest absolute Gasteiger partial charge is 0.828 e. The lowest BCUT2D eigenvalue weighted by molar-refractivity contribution is -0.575. The van der Waals surface area contributed by atoms with Crippen LogP contribution >= 0.6 is 0 Å². The van der Waals surface area contributed by atoms with E-state index in [1.54, 1.807) is 0 Å². The van der Waals surface area contributed by atoms with Crippen LogP contribution in [0.5, 0.6) is 0 Å². The molecule has 0 aliphatic carbocycles. The van der Waals surface area contributed by atoms with Crippen LogP contribution in [0.15, 0.2) is 0 Å². The van der Waals surface area contributed by atoms with Crippen LogP contribution in [0.3, 0.4) is 0 Å². The van der Waals surface area contributed by atoms with Crippen molar-refractivity contribution >= 4 is 5.97 Å². The summed E-state index contributed by atoms with van der Waals surface area (Å²) in [5, 5.41) is 10.8. The van der Waals surface area contributed by atoms with E-state index in [0.29, 0.717) is 0 Å². The Bertz CT molecular complexity index is 284. The average molecular weight is 267 g/mol. The van der Waals surface area contributed by atoms with Crippen LogP contribution in [0.25, 0.3) is 0 Å². The third-order valence-corrected chi connectivity index (χ3v) is 1.48. The smallest absolute Gasteiger partial charge is 0.399 e. The molecule has 0 rings (SSSR count). The summed E-state index contributed by atoms with van der Waals surface area (Å²) >= 11 is 0. The summed E-state index contributed by atoms with van der Waals surface area (Å²) in [5.74, 6) is -2.91. The summed E-state index contributed by atoms with van der Waals surface area (Å²) < 4.78 is 76.4. The van der Waals surface area contributed by atoms with Crippen LogP contribution in [0.2, 0.25) is 0 Å². The first-order chi connectivity index (χ1) is 7.13. The van der Waals surface area contributed by atoms with E-state index in [9.17, 15) is 36.2 Å². The van der Waals surface area contributed by atoms with Gasteiger partial charge in [0.1, 0.15) is 5.60 Å². The average Bonchev–Trinajstić information content (AvgIpc) is 1.94. The highest BCUT2D eigenvalue weighted by atomic mass is 19.4. The molecule has 0 bridgehead atoms. The fourth-order valence-electron chi connectivity index (χ4n) is 0.742. The number of hydrogen-bond donors (Lipinski definition) is 0. The van der Waals surface area contributed by atoms with Gasteiger partial charge in [-0.25, -0.2) is 0 Å². The normalized spacial score (nSPS) is 14.7. The molecule has 0 aliphatic rings. The predicted molar refractivity (Wildman–Crippen MR) is 40.7 cm³/mol. The number of carbonyl (C=O) groups is 1. The van der Waals surface area contributed by atoms with Crippen molar-refractivity contribution in [2.24, 2.45) is 0 Å². The van der Waals surface area contributed by atoms with E-state index in [1.807, 2.05) is 0 Å². The second-order valence-electron chi connectivity index (χ2n) is 4.18. The Balaban J connectivity index is 5.46. The Morgan fingerprint density at radius 2 is 1.24 bits per heavy atom. The van der Waals surface area contributed by atoms with E-state index in [2.05, 4.69) is 4.74 Å². The molecule has 0 spiro atoms. The van der Waals surface area contributed by atoms with Gasteiger partial charge in [0.2, 0.25) is 0 Å². The van der Waals surface area contributed by atoms with Gasteiger partial charge in [-0.15, -0.1) is 0 Å². The van der Waals surface area contributed by atoms with Gasteiger partial charge >= 0.3 is 18.3 Å². The summed E-state index contributed by atoms with van der Waals surface area (Å²) in [7, 11) is 0. The number of hydrogen-bond acceptors (Lipinski definition) is 3. The van der Waals surface area contributed by atoms with Crippen molar-refractivity contribution in [3.05, 3.63) is 0 Å². The molecule has 0 aromatic carbocycles. The van der Waals surface area contributed by atoms with Crippen molar-refractivity contribution in [1.82, 2.24) is 0 Å². The van der Waals surface area contributed by atoms with Crippen molar-refractivity contribution in [3.8, 4) is 0 Å². The molecule has 0 radical (unpaired) electrons. The zero-order valence-electron chi connectivity index (χ0n) is 8.99. The molecule has 0 fully saturated rings. The third-order valence-electron chi connectivity index (χ3n) is 1.48. The van der Waals surface area contributed by atoms with Gasteiger partial charge in [0.15, 0.2) is 5.60 Å². The van der Waals surface area contributed by atoms with Gasteiger partial charge in [-0.2, -0.15) is 26.3 Å². The molecular weight excluding hydrogens is 258 g/mol. The maximum atomic E-state index is 12.1. The fraction of sp³-hybridized carbons (Fsp3) is 0.875. The molecule has 0 heterocycles. The predicted octanol–water partition coefficient (Wildman–Crippen LogP) is 1.55. The van der Waals surface area contributed by atoms with E-state index < -0.39 is 29.5 Å². The Morgan fingerprint density at radius 3 is 1.41 bits per heavy atom. The minimum atomic E-state index is -6.33. The first-order valence-electron chi connectivity index (χ1n) is 4.20. The van der Waals surface area contributed by atoms with E-state index in [4.69, 9.17) is 0 Å². The zero-order chi connectivity index (χ0) is 14.3. The molecule has 3 nitrogen and oxygen atoms in total. The lowest BCUT2D eigenvalue weighted by atomic mass is 10.0. The van der Waals surface area contributed by atoms with Crippen LogP contribution in [0.1, 0.15) is 20.8 Å². The molecule has 0 N–H and O–H groups in total. The molecule has 102 valence electrons. The van der Waals surface area contributed by atoms with Gasteiger partial charge in [0.05, 0.1) is 0 Å². The summed E-state index contributed by atoms with van der Waals surface area (Å²) in [5.41, 5.74) is -7.41. The lowest BCUT2D eigenvalue weighted by Gasteiger charge is -2.41. The first kappa shape index (κ1) is 16.0. The highest BCUT2D eigenvalue weighted by molar-refractivity contribution is 5.81. The minimum absolute atomic E-state index is 1.04. The Hall–Kier alpha value is -0.990. The number of ether oxygens (including phenoxy) is 1. The summed E-state index contributed by atoms with van der Waals surface area (Å²) in [6.45, 7) is 3.12. The standard InChI is InChI=1S/C8H9F6O3/c1-5(2,3)17-4(15)6(16,7(9,10)11)8(12,13)14/h1-3H3/q-1. The van der Waals surface area contributed by atoms with E-state index in [-0.39, 0.29) is 0 Å². The van der Waals surface area contributed by atoms with Gasteiger partial charge in [-0.05, 0) is 20.8 Å². The zero-order valence-corrected chi connectivity index (χ0v) is 8.99. The highest BCUT2D eigenvalue weighted by Gasteiger charge is 2.68. The maximum absolute atomic E-state index is 12.1. The van der Waals surface area contributed by atoms with E-state index in [1.165, 1.54) is 0 Å². The Kier molecular flexibility index (Phi) is 3.80. The van der Waals surface area contributed by atoms with Crippen LogP contribution < -0.4 is 5.11 Å². The summed E-state index contributed by atoms with van der Waals surface area (Å²) in [6, 6.07) is 0. The quantitative estimate of drug-likeness (QED) is 0.535. The van der Waals surface area contributed by atoms with Gasteiger partial charge in [0.25, 0.3) is 0 Å². The summed E-state index contributed by atoms with van der Waals surface area (Å²) in [6.07, 6.45) is -12.7. The van der Waals surface area contributed by atoms with Crippen molar-refractivity contribution < 1.29 is 41.0 Å². The molecule has 0 aliphatic heterocycles. The Labute approximate surface area is 92.4 Å². The van der Waals surface area contributed by atoms with Crippen LogP contribution in [0, 0.1) is 0 Å². The summed E-state index contributed by atoms with van der Waals surface area (Å²) in [4.78, 5) is 10.8. The van der Waals surface area contributed by atoms with Crippen LogP contribution in [-0.2, 0) is 9.53 Å². The number of carbonyl (C=O) groups excluding carboxylic acids is 1. The van der Waals surface area contributed by atoms with Crippen molar-refractivity contribution in [1.29, 1.82) is 0 Å². The number of rotatable bonds is 1. The molecule has 9 heteroatoms. The van der Waals surface area contributed by atoms with E-state index >= 15 is 0 Å². The monoisotopic (exact) mass is 267 g/mol. The Morgan fingerprint density at radius 1 is 0.941 bits per heavy atom. The molecule has 0 saturated carbocycles. The van der Waals surface area contributed by atoms with Crippen molar-refractivity contribution in [3.63, 3.8) is 0 Å². The topological polar surface area (TPSA) is 49.4 Å². The minimum Gasteiger partial charge on any atom is -0.828 e. The van der Waals surface area contributed by atoms with E-state index in [0.717, 1.165) is 20.8 Å². The molecular formula is C8H9F6O3-. The lowest BCUT2D eigenvalue weighted by Crippen LogP contribution is -2.72. The van der Waals surface area contributed by atoms with Crippen LogP contribution in [-0.4, -0.2) is 29.5 Å². The third kappa shape index (κ3) is 3.24. The molecule has 0 unspecified atom stereocenters.